The molecule has 1 saturated carbocycles. The summed E-state index contributed by atoms with van der Waals surface area (Å²) in [6.45, 7) is 6.18. The zero-order chi connectivity index (χ0) is 38.0. The highest BCUT2D eigenvalue weighted by Gasteiger charge is 2.65. The van der Waals surface area contributed by atoms with Gasteiger partial charge in [0.25, 0.3) is 0 Å². The number of fused-ring (bicyclic) bond motifs is 8. The lowest BCUT2D eigenvalue weighted by atomic mass is 9.75. The molecular formula is C42H46N6O7. The van der Waals surface area contributed by atoms with Crippen molar-refractivity contribution in [3.8, 4) is 11.5 Å². The number of allylic oxidation sites excluding steroid dienone is 2. The van der Waals surface area contributed by atoms with E-state index in [-0.39, 0.29) is 46.3 Å². The van der Waals surface area contributed by atoms with Crippen LogP contribution in [0.2, 0.25) is 0 Å². The number of aromatic hydroxyl groups is 1. The number of dihydropyridines is 2. The molecule has 4 aromatic rings. The number of esters is 1. The number of hydrogen-bond donors (Lipinski definition) is 6. The van der Waals surface area contributed by atoms with E-state index in [4.69, 9.17) is 30.1 Å². The maximum Gasteiger partial charge on any atom is 0.341 e. The number of carbonyl (C=O) groups is 1. The summed E-state index contributed by atoms with van der Waals surface area (Å²) < 4.78 is 27.0. The molecular weight excluding hydrogens is 700 g/mol. The number of carbonyl (C=O) groups excluding carboxylic acids is 1. The average molecular weight is 747 g/mol. The Labute approximate surface area is 317 Å². The Morgan fingerprint density at radius 1 is 1.11 bits per heavy atom. The van der Waals surface area contributed by atoms with Crippen LogP contribution in [0.1, 0.15) is 76.0 Å². The number of benzene rings is 1. The molecule has 3 fully saturated rings. The molecule has 13 nitrogen and oxygen atoms in total. The second kappa shape index (κ2) is 12.0. The Balaban J connectivity index is 0.870. The van der Waals surface area contributed by atoms with E-state index in [0.29, 0.717) is 60.8 Å². The van der Waals surface area contributed by atoms with E-state index in [1.807, 2.05) is 26.1 Å². The third kappa shape index (κ3) is 5.37. The molecule has 286 valence electrons. The molecule has 6 atom stereocenters. The topological polar surface area (TPSA) is 195 Å². The molecule has 0 bridgehead atoms. The van der Waals surface area contributed by atoms with Gasteiger partial charge < -0.3 is 55.4 Å². The molecule has 13 heteroatoms. The summed E-state index contributed by atoms with van der Waals surface area (Å²) in [5.74, 6) is 1.23. The minimum atomic E-state index is -1.04. The van der Waals surface area contributed by atoms with Crippen LogP contribution >= 0.6 is 0 Å². The van der Waals surface area contributed by atoms with Gasteiger partial charge in [-0.3, -0.25) is 4.79 Å². The molecule has 6 unspecified atom stereocenters. The first-order chi connectivity index (χ1) is 26.4. The summed E-state index contributed by atoms with van der Waals surface area (Å²) in [7, 11) is 0. The molecule has 6 aliphatic rings. The summed E-state index contributed by atoms with van der Waals surface area (Å²) in [6, 6.07) is 5.03. The van der Waals surface area contributed by atoms with Crippen molar-refractivity contribution >= 4 is 27.8 Å². The molecule has 8 N–H and O–H groups in total. The van der Waals surface area contributed by atoms with E-state index >= 15 is 0 Å². The van der Waals surface area contributed by atoms with E-state index in [1.165, 1.54) is 28.2 Å². The van der Waals surface area contributed by atoms with Gasteiger partial charge in [-0.2, -0.15) is 0 Å². The fourth-order valence-corrected chi connectivity index (χ4v) is 10.1. The van der Waals surface area contributed by atoms with Crippen molar-refractivity contribution in [3.63, 3.8) is 0 Å². The van der Waals surface area contributed by atoms with E-state index in [0.717, 1.165) is 30.5 Å². The number of H-pyrrole nitrogens is 1. The smallest absolute Gasteiger partial charge is 0.341 e. The van der Waals surface area contributed by atoms with Crippen LogP contribution in [-0.2, 0) is 20.8 Å². The summed E-state index contributed by atoms with van der Waals surface area (Å²) >= 11 is 0. The molecule has 5 aliphatic heterocycles. The fourth-order valence-electron chi connectivity index (χ4n) is 10.1. The van der Waals surface area contributed by atoms with Crippen molar-refractivity contribution < 1.29 is 28.5 Å². The van der Waals surface area contributed by atoms with Gasteiger partial charge in [-0.25, -0.2) is 4.79 Å². The monoisotopic (exact) mass is 746 g/mol. The highest BCUT2D eigenvalue weighted by molar-refractivity contribution is 5.88. The van der Waals surface area contributed by atoms with Gasteiger partial charge in [0.15, 0.2) is 11.0 Å². The van der Waals surface area contributed by atoms with Crippen molar-refractivity contribution in [3.05, 3.63) is 104 Å². The Morgan fingerprint density at radius 3 is 2.80 bits per heavy atom. The molecule has 2 saturated heterocycles. The molecule has 0 amide bonds. The lowest BCUT2D eigenvalue weighted by molar-refractivity contribution is -0.173. The first kappa shape index (κ1) is 34.0. The number of aromatic amines is 1. The molecule has 55 heavy (non-hydrogen) atoms. The van der Waals surface area contributed by atoms with Crippen LogP contribution in [-0.4, -0.2) is 56.1 Å². The quantitative estimate of drug-likeness (QED) is 0.119. The number of nitrogens with one attached hydrogen (secondary N) is 3. The number of ether oxygens (including phenoxy) is 3. The molecule has 1 aliphatic carbocycles. The Morgan fingerprint density at radius 2 is 1.96 bits per heavy atom. The van der Waals surface area contributed by atoms with Gasteiger partial charge in [0.05, 0.1) is 29.5 Å². The Bertz CT molecular complexity index is 2470. The van der Waals surface area contributed by atoms with Crippen LogP contribution in [0.15, 0.2) is 92.1 Å². The van der Waals surface area contributed by atoms with E-state index in [2.05, 4.69) is 44.7 Å². The Hall–Kier alpha value is -5.56. The number of epoxide rings is 1. The molecule has 1 spiro atoms. The number of nitrogens with two attached hydrogens (primary N) is 2. The Kier molecular flexibility index (Phi) is 7.39. The van der Waals surface area contributed by atoms with Gasteiger partial charge in [-0.05, 0) is 100 Å². The maximum atomic E-state index is 14.1. The highest BCUT2D eigenvalue weighted by atomic mass is 16.7. The number of nitrogens with zero attached hydrogens (tertiary/aromatic N) is 1. The first-order valence-corrected chi connectivity index (χ1v) is 19.3. The van der Waals surface area contributed by atoms with Gasteiger partial charge in [-0.15, -0.1) is 0 Å². The lowest BCUT2D eigenvalue weighted by Crippen LogP contribution is -2.53. The molecule has 8 heterocycles. The normalized spacial score (nSPS) is 29.4. The second-order valence-electron chi connectivity index (χ2n) is 16.6. The minimum Gasteiger partial charge on any atom is -0.507 e. The van der Waals surface area contributed by atoms with Crippen LogP contribution < -0.4 is 32.3 Å². The molecule has 0 radical (unpaired) electrons. The van der Waals surface area contributed by atoms with Crippen LogP contribution in [0.25, 0.3) is 21.9 Å². The molecule has 3 aromatic heterocycles. The van der Waals surface area contributed by atoms with Crippen molar-refractivity contribution in [2.24, 2.45) is 11.5 Å². The van der Waals surface area contributed by atoms with Crippen LogP contribution in [0.5, 0.6) is 11.5 Å². The molecule has 10 rings (SSSR count). The standard InChI is InChI=1S/C42H46N6O7/c1-20-13-29(49)35-30(52-20)16-31-34(37(35)50)26-5-4-11-42(40(51)53-38(26)41(2,3)54-31)32(55-42)9-6-21-14-33(43)47-36-24(21)7-8-25-27(36)15-23(46-39(25)44)18-48-17-22-10-12-45-28(22)19-48/h10,12-17,19,23,26,32,36,38,45-47,50H,4-9,11,18,43-44H2,1-3H3. The summed E-state index contributed by atoms with van der Waals surface area (Å²) in [6.07, 6.45) is 14.3. The first-order valence-electron chi connectivity index (χ1n) is 19.3. The summed E-state index contributed by atoms with van der Waals surface area (Å²) in [5, 5.41) is 19.8. The SMILES string of the molecule is Cc1cc(=O)c2c(O)c3c(cc2o1)OC(C)(C)C1OC(=O)C2(CCCC31)OC2CCC1=C2CCC3=C(N)NC(Cn4cc5cc[nH]c5c4)C=C3C2NC(N)=C1. The van der Waals surface area contributed by atoms with Crippen LogP contribution in [0.3, 0.4) is 0 Å². The number of rotatable bonds is 5. The van der Waals surface area contributed by atoms with Gasteiger partial charge in [0.1, 0.15) is 45.8 Å². The van der Waals surface area contributed by atoms with Gasteiger partial charge in [0, 0.05) is 54.1 Å². The fraction of sp³-hybridized carbons (Fsp3) is 0.429. The predicted octanol–water partition coefficient (Wildman–Crippen LogP) is 4.99. The van der Waals surface area contributed by atoms with E-state index in [9.17, 15) is 14.7 Å². The number of hydrogen-bond acceptors (Lipinski definition) is 11. The number of aromatic nitrogens is 2. The van der Waals surface area contributed by atoms with Crippen molar-refractivity contribution in [2.45, 2.75) is 114 Å². The highest BCUT2D eigenvalue weighted by Crippen LogP contribution is 2.55. The number of aryl methyl sites for hydroxylation is 1. The van der Waals surface area contributed by atoms with Crippen LogP contribution in [0, 0.1) is 6.92 Å². The van der Waals surface area contributed by atoms with Crippen molar-refractivity contribution in [1.82, 2.24) is 20.2 Å². The number of phenols is 1. The van der Waals surface area contributed by atoms with Gasteiger partial charge in [0.2, 0.25) is 0 Å². The van der Waals surface area contributed by atoms with E-state index in [1.54, 1.807) is 13.0 Å². The second-order valence-corrected chi connectivity index (χ2v) is 16.6. The van der Waals surface area contributed by atoms with E-state index < -0.39 is 23.3 Å². The average Bonchev–Trinajstić information content (AvgIpc) is 3.44. The van der Waals surface area contributed by atoms with Gasteiger partial charge in [-0.1, -0.05) is 6.08 Å². The zero-order valence-electron chi connectivity index (χ0n) is 31.2. The summed E-state index contributed by atoms with van der Waals surface area (Å²) in [4.78, 5) is 30.3. The zero-order valence-corrected chi connectivity index (χ0v) is 31.2. The molecule has 1 aromatic carbocycles. The third-order valence-corrected chi connectivity index (χ3v) is 12.6. The largest absolute Gasteiger partial charge is 0.507 e. The lowest BCUT2D eigenvalue weighted by Gasteiger charge is -2.45. The third-order valence-electron chi connectivity index (χ3n) is 12.6. The maximum absolute atomic E-state index is 14.1. The predicted molar refractivity (Wildman–Crippen MR) is 205 cm³/mol. The van der Waals surface area contributed by atoms with Crippen molar-refractivity contribution in [2.75, 3.05) is 0 Å². The van der Waals surface area contributed by atoms with Crippen molar-refractivity contribution in [1.29, 1.82) is 0 Å². The van der Waals surface area contributed by atoms with Gasteiger partial charge >= 0.3 is 5.97 Å². The minimum absolute atomic E-state index is 0.0110. The summed E-state index contributed by atoms with van der Waals surface area (Å²) in [5.41, 5.74) is 17.5. The number of phenolic OH excluding ortho intramolecular Hbond substituents is 1. The van der Waals surface area contributed by atoms with Crippen LogP contribution in [0.4, 0.5) is 0 Å².